The fraction of sp³-hybridized carbons (Fsp3) is 0.818. The van der Waals surface area contributed by atoms with Crippen molar-refractivity contribution < 1.29 is 19.8 Å². The van der Waals surface area contributed by atoms with Crippen molar-refractivity contribution in [2.24, 2.45) is 0 Å². The number of nitrogens with zero attached hydrogens (tertiary/aromatic N) is 1. The summed E-state index contributed by atoms with van der Waals surface area (Å²) in [6.07, 6.45) is 0.406. The van der Waals surface area contributed by atoms with Gasteiger partial charge in [-0.2, -0.15) is 0 Å². The molecule has 2 amide bonds. The number of carboxylic acid groups (broad SMARTS) is 1. The van der Waals surface area contributed by atoms with Gasteiger partial charge in [0.2, 0.25) is 0 Å². The summed E-state index contributed by atoms with van der Waals surface area (Å²) in [6.45, 7) is 5.77. The lowest BCUT2D eigenvalue weighted by Gasteiger charge is -2.28. The summed E-state index contributed by atoms with van der Waals surface area (Å²) in [4.78, 5) is 24.0. The van der Waals surface area contributed by atoms with E-state index in [2.05, 4.69) is 5.32 Å². The molecule has 17 heavy (non-hydrogen) atoms. The Kier molecular flexibility index (Phi) is 3.66. The summed E-state index contributed by atoms with van der Waals surface area (Å²) in [5.74, 6) is -0.955. The van der Waals surface area contributed by atoms with Gasteiger partial charge >= 0.3 is 12.0 Å². The monoisotopic (exact) mass is 244 g/mol. The molecule has 0 aromatic rings. The molecule has 0 aliphatic carbocycles. The van der Waals surface area contributed by atoms with Gasteiger partial charge in [0.25, 0.3) is 0 Å². The molecule has 1 heterocycles. The molecule has 0 saturated carbocycles. The molecule has 0 spiro atoms. The summed E-state index contributed by atoms with van der Waals surface area (Å²) in [5.41, 5.74) is -1.63. The predicted molar refractivity (Wildman–Crippen MR) is 61.7 cm³/mol. The first-order valence-corrected chi connectivity index (χ1v) is 5.63. The van der Waals surface area contributed by atoms with Crippen molar-refractivity contribution >= 4 is 12.0 Å². The van der Waals surface area contributed by atoms with Crippen molar-refractivity contribution in [1.29, 1.82) is 0 Å². The molecule has 1 fully saturated rings. The van der Waals surface area contributed by atoms with Crippen LogP contribution in [0, 0.1) is 0 Å². The highest BCUT2D eigenvalue weighted by Crippen LogP contribution is 2.20. The average molecular weight is 244 g/mol. The van der Waals surface area contributed by atoms with Gasteiger partial charge in [-0.15, -0.1) is 0 Å². The number of rotatable bonds is 3. The Morgan fingerprint density at radius 3 is 2.47 bits per heavy atom. The van der Waals surface area contributed by atoms with Crippen molar-refractivity contribution in [3.8, 4) is 0 Å². The van der Waals surface area contributed by atoms with E-state index in [1.54, 1.807) is 20.8 Å². The van der Waals surface area contributed by atoms with E-state index in [0.717, 1.165) is 0 Å². The van der Waals surface area contributed by atoms with Gasteiger partial charge in [0.05, 0.1) is 18.6 Å². The highest BCUT2D eigenvalue weighted by molar-refractivity contribution is 5.77. The number of urea groups is 1. The van der Waals surface area contributed by atoms with Gasteiger partial charge in [-0.1, -0.05) is 0 Å². The van der Waals surface area contributed by atoms with Crippen LogP contribution < -0.4 is 5.32 Å². The lowest BCUT2D eigenvalue weighted by Crippen LogP contribution is -2.51. The first kappa shape index (κ1) is 13.8. The van der Waals surface area contributed by atoms with Gasteiger partial charge in [-0.25, -0.2) is 4.79 Å². The van der Waals surface area contributed by atoms with E-state index in [1.807, 2.05) is 0 Å². The van der Waals surface area contributed by atoms with Crippen LogP contribution in [0.1, 0.15) is 33.6 Å². The zero-order valence-corrected chi connectivity index (χ0v) is 10.5. The van der Waals surface area contributed by atoms with Gasteiger partial charge in [-0.05, 0) is 27.2 Å². The second kappa shape index (κ2) is 4.52. The SMILES string of the molecule is CC1(O)CCN(C(=O)NC(C)(C)CC(=O)O)C1. The summed E-state index contributed by atoms with van der Waals surface area (Å²) in [5, 5.41) is 21.1. The molecule has 1 aliphatic heterocycles. The smallest absolute Gasteiger partial charge is 0.317 e. The standard InChI is InChI=1S/C11H20N2O4/c1-10(2,6-8(14)15)12-9(16)13-5-4-11(3,17)7-13/h17H,4-7H2,1-3H3,(H,12,16)(H,14,15). The van der Waals surface area contributed by atoms with Gasteiger partial charge in [0.1, 0.15) is 0 Å². The maximum atomic E-state index is 11.8. The number of hydrogen-bond acceptors (Lipinski definition) is 3. The summed E-state index contributed by atoms with van der Waals surface area (Å²) < 4.78 is 0. The van der Waals surface area contributed by atoms with Crippen molar-refractivity contribution in [2.45, 2.75) is 44.8 Å². The Bertz CT molecular complexity index is 325. The van der Waals surface area contributed by atoms with Crippen LogP contribution >= 0.6 is 0 Å². The Morgan fingerprint density at radius 2 is 2.06 bits per heavy atom. The average Bonchev–Trinajstić information content (AvgIpc) is 2.42. The molecule has 1 atom stereocenters. The van der Waals surface area contributed by atoms with Gasteiger partial charge in [0, 0.05) is 12.1 Å². The molecule has 1 saturated heterocycles. The number of nitrogens with one attached hydrogen (secondary N) is 1. The highest BCUT2D eigenvalue weighted by Gasteiger charge is 2.35. The molecular weight excluding hydrogens is 224 g/mol. The van der Waals surface area contributed by atoms with Crippen LogP contribution in [0.25, 0.3) is 0 Å². The number of carboxylic acids is 1. The number of likely N-dealkylation sites (tertiary alicyclic amines) is 1. The molecule has 98 valence electrons. The fourth-order valence-electron chi connectivity index (χ4n) is 1.91. The second-order valence-corrected chi connectivity index (χ2v) is 5.55. The molecule has 6 heteroatoms. The normalized spacial score (nSPS) is 24.8. The van der Waals surface area contributed by atoms with Crippen molar-refractivity contribution in [3.63, 3.8) is 0 Å². The van der Waals surface area contributed by atoms with E-state index in [4.69, 9.17) is 5.11 Å². The quantitative estimate of drug-likeness (QED) is 0.670. The minimum atomic E-state index is -0.955. The molecule has 1 unspecified atom stereocenters. The Morgan fingerprint density at radius 1 is 1.47 bits per heavy atom. The van der Waals surface area contributed by atoms with E-state index in [9.17, 15) is 14.7 Å². The van der Waals surface area contributed by atoms with E-state index in [0.29, 0.717) is 13.0 Å². The first-order valence-electron chi connectivity index (χ1n) is 5.63. The molecule has 1 rings (SSSR count). The second-order valence-electron chi connectivity index (χ2n) is 5.55. The Balaban J connectivity index is 2.52. The molecule has 0 aromatic carbocycles. The van der Waals surface area contributed by atoms with Crippen molar-refractivity contribution in [2.75, 3.05) is 13.1 Å². The van der Waals surface area contributed by atoms with Gasteiger partial charge < -0.3 is 20.4 Å². The minimum absolute atomic E-state index is 0.136. The third-order valence-corrected chi connectivity index (χ3v) is 2.78. The van der Waals surface area contributed by atoms with E-state index >= 15 is 0 Å². The van der Waals surface area contributed by atoms with Crippen LogP contribution in [0.3, 0.4) is 0 Å². The van der Waals surface area contributed by atoms with Crippen LogP contribution in [0.15, 0.2) is 0 Å². The van der Waals surface area contributed by atoms with Crippen LogP contribution in [-0.4, -0.2) is 51.3 Å². The number of carbonyl (C=O) groups excluding carboxylic acids is 1. The van der Waals surface area contributed by atoms with Gasteiger partial charge in [0.15, 0.2) is 0 Å². The highest BCUT2D eigenvalue weighted by atomic mass is 16.4. The van der Waals surface area contributed by atoms with Gasteiger partial charge in [-0.3, -0.25) is 4.79 Å². The maximum absolute atomic E-state index is 11.8. The molecule has 0 radical (unpaired) electrons. The Hall–Kier alpha value is -1.30. The lowest BCUT2D eigenvalue weighted by molar-refractivity contribution is -0.138. The van der Waals surface area contributed by atoms with Crippen molar-refractivity contribution in [3.05, 3.63) is 0 Å². The maximum Gasteiger partial charge on any atom is 0.317 e. The zero-order chi connectivity index (χ0) is 13.3. The zero-order valence-electron chi connectivity index (χ0n) is 10.5. The Labute approximate surface area is 101 Å². The predicted octanol–water partition coefficient (Wildman–Crippen LogP) is 0.406. The van der Waals surface area contributed by atoms with Crippen LogP contribution in [0.5, 0.6) is 0 Å². The van der Waals surface area contributed by atoms with E-state index < -0.39 is 17.1 Å². The topological polar surface area (TPSA) is 89.9 Å². The summed E-state index contributed by atoms with van der Waals surface area (Å²) in [6, 6.07) is -0.325. The number of aliphatic carboxylic acids is 1. The fourth-order valence-corrected chi connectivity index (χ4v) is 1.91. The number of aliphatic hydroxyl groups is 1. The van der Waals surface area contributed by atoms with Crippen LogP contribution in [0.4, 0.5) is 4.79 Å². The number of carbonyl (C=O) groups is 2. The van der Waals surface area contributed by atoms with Crippen LogP contribution in [0.2, 0.25) is 0 Å². The number of β-amino-alcohol motifs (C(OH)–C–C–N with tert-alkyl or cyclic N) is 1. The molecule has 3 N–H and O–H groups in total. The number of hydrogen-bond donors (Lipinski definition) is 3. The summed E-state index contributed by atoms with van der Waals surface area (Å²) in [7, 11) is 0. The summed E-state index contributed by atoms with van der Waals surface area (Å²) >= 11 is 0. The first-order chi connectivity index (χ1) is 7.61. The molecule has 0 bridgehead atoms. The third kappa shape index (κ3) is 4.22. The lowest BCUT2D eigenvalue weighted by atomic mass is 10.0. The molecule has 1 aliphatic rings. The van der Waals surface area contributed by atoms with Crippen LogP contribution in [-0.2, 0) is 4.79 Å². The number of amides is 2. The molecule has 6 nitrogen and oxygen atoms in total. The minimum Gasteiger partial charge on any atom is -0.481 e. The largest absolute Gasteiger partial charge is 0.481 e. The van der Waals surface area contributed by atoms with E-state index in [1.165, 1.54) is 4.90 Å². The third-order valence-electron chi connectivity index (χ3n) is 2.78. The molecule has 0 aromatic heterocycles. The van der Waals surface area contributed by atoms with Crippen molar-refractivity contribution in [1.82, 2.24) is 10.2 Å². The van der Waals surface area contributed by atoms with E-state index in [-0.39, 0.29) is 19.0 Å². The molecular formula is C11H20N2O4.